The summed E-state index contributed by atoms with van der Waals surface area (Å²) >= 11 is 1.32. The predicted octanol–water partition coefficient (Wildman–Crippen LogP) is 4.22. The molecule has 0 saturated carbocycles. The molecule has 0 bridgehead atoms. The largest absolute Gasteiger partial charge is 0.494 e. The maximum Gasteiger partial charge on any atom is 0.261 e. The minimum Gasteiger partial charge on any atom is -0.494 e. The molecule has 0 fully saturated rings. The van der Waals surface area contributed by atoms with Crippen molar-refractivity contribution in [2.24, 2.45) is 0 Å². The monoisotopic (exact) mass is 435 g/mol. The van der Waals surface area contributed by atoms with Crippen LogP contribution in [0.15, 0.2) is 53.9 Å². The van der Waals surface area contributed by atoms with Gasteiger partial charge in [-0.2, -0.15) is 0 Å². The fourth-order valence-electron chi connectivity index (χ4n) is 3.24. The number of nitrogens with one attached hydrogen (secondary N) is 1. The lowest BCUT2D eigenvalue weighted by atomic mass is 10.1. The van der Waals surface area contributed by atoms with E-state index < -0.39 is 0 Å². The first-order valence-electron chi connectivity index (χ1n) is 10.0. The second-order valence-corrected chi connectivity index (χ2v) is 7.87. The fraction of sp³-hybridized carbons (Fsp3) is 0.217. The lowest BCUT2D eigenvalue weighted by Gasteiger charge is -2.12. The van der Waals surface area contributed by atoms with Gasteiger partial charge in [0.25, 0.3) is 11.8 Å². The van der Waals surface area contributed by atoms with Gasteiger partial charge in [0, 0.05) is 23.9 Å². The molecule has 0 unspecified atom stereocenters. The van der Waals surface area contributed by atoms with Crippen molar-refractivity contribution in [1.29, 1.82) is 0 Å². The zero-order valence-corrected chi connectivity index (χ0v) is 17.8. The normalized spacial score (nSPS) is 12.7. The molecule has 2 aromatic carbocycles. The summed E-state index contributed by atoms with van der Waals surface area (Å²) in [6, 6.07) is 14.3. The second-order valence-electron chi connectivity index (χ2n) is 7.02. The van der Waals surface area contributed by atoms with Gasteiger partial charge in [0.05, 0.1) is 23.4 Å². The lowest BCUT2D eigenvalue weighted by molar-refractivity contribution is -0.116. The maximum absolute atomic E-state index is 12.4. The Kier molecular flexibility index (Phi) is 6.08. The fourth-order valence-corrected chi connectivity index (χ4v) is 3.98. The average molecular weight is 436 g/mol. The Hall–Kier alpha value is -3.52. The number of nitrogens with zero attached hydrogens (tertiary/aromatic N) is 2. The number of carbonyl (C=O) groups is 3. The highest BCUT2D eigenvalue weighted by Gasteiger charge is 2.34. The number of imide groups is 1. The summed E-state index contributed by atoms with van der Waals surface area (Å²) < 4.78 is 5.58. The molecule has 158 valence electrons. The van der Waals surface area contributed by atoms with Crippen LogP contribution in [-0.2, 0) is 4.79 Å². The molecule has 4 rings (SSSR count). The van der Waals surface area contributed by atoms with Gasteiger partial charge in [-0.05, 0) is 42.8 Å². The van der Waals surface area contributed by atoms with Crippen molar-refractivity contribution in [3.05, 3.63) is 65.0 Å². The molecule has 3 amide bonds. The predicted molar refractivity (Wildman–Crippen MR) is 118 cm³/mol. The van der Waals surface area contributed by atoms with Crippen LogP contribution in [0.4, 0.5) is 5.13 Å². The molecule has 3 aromatic rings. The van der Waals surface area contributed by atoms with E-state index in [9.17, 15) is 14.4 Å². The zero-order chi connectivity index (χ0) is 21.8. The molecule has 1 N–H and O–H groups in total. The quantitative estimate of drug-likeness (QED) is 0.535. The SMILES string of the molecule is CCCOc1ccc(-c2csc(NC(=O)CCN3C(=O)c4ccccc4C3=O)n2)cc1. The summed E-state index contributed by atoms with van der Waals surface area (Å²) in [6.45, 7) is 2.75. The molecule has 1 aromatic heterocycles. The van der Waals surface area contributed by atoms with E-state index in [-0.39, 0.29) is 30.7 Å². The van der Waals surface area contributed by atoms with Gasteiger partial charge in [-0.1, -0.05) is 19.1 Å². The summed E-state index contributed by atoms with van der Waals surface area (Å²) in [4.78, 5) is 42.6. The van der Waals surface area contributed by atoms with Crippen LogP contribution in [-0.4, -0.2) is 40.8 Å². The van der Waals surface area contributed by atoms with Crippen molar-refractivity contribution in [3.63, 3.8) is 0 Å². The molecule has 0 aliphatic carbocycles. The first kappa shape index (κ1) is 20.7. The van der Waals surface area contributed by atoms with Gasteiger partial charge in [-0.25, -0.2) is 4.98 Å². The van der Waals surface area contributed by atoms with Gasteiger partial charge in [0.2, 0.25) is 5.91 Å². The second kappa shape index (κ2) is 9.09. The third-order valence-electron chi connectivity index (χ3n) is 4.81. The number of aromatic nitrogens is 1. The average Bonchev–Trinajstić information content (AvgIpc) is 3.34. The molecule has 0 saturated heterocycles. The van der Waals surface area contributed by atoms with Gasteiger partial charge in [-0.3, -0.25) is 19.3 Å². The molecule has 2 heterocycles. The van der Waals surface area contributed by atoms with E-state index in [2.05, 4.69) is 17.2 Å². The highest BCUT2D eigenvalue weighted by Crippen LogP contribution is 2.27. The van der Waals surface area contributed by atoms with Crippen molar-refractivity contribution in [3.8, 4) is 17.0 Å². The van der Waals surface area contributed by atoms with Crippen LogP contribution in [0, 0.1) is 0 Å². The maximum atomic E-state index is 12.4. The van der Waals surface area contributed by atoms with Crippen molar-refractivity contribution in [2.75, 3.05) is 18.5 Å². The Morgan fingerprint density at radius 1 is 1.06 bits per heavy atom. The Morgan fingerprint density at radius 3 is 2.39 bits per heavy atom. The highest BCUT2D eigenvalue weighted by atomic mass is 32.1. The van der Waals surface area contributed by atoms with Crippen LogP contribution in [0.3, 0.4) is 0 Å². The molecular formula is C23H21N3O4S. The number of hydrogen-bond acceptors (Lipinski definition) is 6. The van der Waals surface area contributed by atoms with Crippen LogP contribution in [0.2, 0.25) is 0 Å². The molecule has 0 spiro atoms. The molecule has 1 aliphatic rings. The first-order valence-corrected chi connectivity index (χ1v) is 10.9. The molecular weight excluding hydrogens is 414 g/mol. The smallest absolute Gasteiger partial charge is 0.261 e. The van der Waals surface area contributed by atoms with E-state index in [0.717, 1.165) is 28.3 Å². The molecule has 0 radical (unpaired) electrons. The third-order valence-corrected chi connectivity index (χ3v) is 5.57. The number of anilines is 1. The number of fused-ring (bicyclic) bond motifs is 1. The topological polar surface area (TPSA) is 88.6 Å². The van der Waals surface area contributed by atoms with Gasteiger partial charge < -0.3 is 10.1 Å². The van der Waals surface area contributed by atoms with E-state index in [4.69, 9.17) is 4.74 Å². The molecule has 1 aliphatic heterocycles. The number of benzene rings is 2. The van der Waals surface area contributed by atoms with Crippen LogP contribution < -0.4 is 10.1 Å². The van der Waals surface area contributed by atoms with Crippen molar-refractivity contribution >= 4 is 34.2 Å². The van der Waals surface area contributed by atoms with Crippen LogP contribution >= 0.6 is 11.3 Å². The lowest BCUT2D eigenvalue weighted by Crippen LogP contribution is -2.32. The Labute approximate surface area is 183 Å². The summed E-state index contributed by atoms with van der Waals surface area (Å²) in [6.07, 6.45) is 0.952. The number of ether oxygens (including phenoxy) is 1. The Morgan fingerprint density at radius 2 is 1.74 bits per heavy atom. The standard InChI is InChI=1S/C23H21N3O4S/c1-2-13-30-16-9-7-15(8-10-16)19-14-31-23(24-19)25-20(27)11-12-26-21(28)17-5-3-4-6-18(17)22(26)29/h3-10,14H,2,11-13H2,1H3,(H,24,25,27). The number of rotatable bonds is 8. The number of hydrogen-bond donors (Lipinski definition) is 1. The van der Waals surface area contributed by atoms with Gasteiger partial charge in [0.15, 0.2) is 5.13 Å². The molecule has 0 atom stereocenters. The number of amides is 3. The summed E-state index contributed by atoms with van der Waals surface area (Å²) in [7, 11) is 0. The van der Waals surface area contributed by atoms with E-state index in [1.54, 1.807) is 24.3 Å². The first-order chi connectivity index (χ1) is 15.1. The third kappa shape index (κ3) is 4.49. The van der Waals surface area contributed by atoms with Crippen molar-refractivity contribution in [1.82, 2.24) is 9.88 Å². The highest BCUT2D eigenvalue weighted by molar-refractivity contribution is 7.14. The zero-order valence-electron chi connectivity index (χ0n) is 17.0. The summed E-state index contributed by atoms with van der Waals surface area (Å²) in [5.74, 6) is -0.226. The number of thiazole rings is 1. The van der Waals surface area contributed by atoms with Gasteiger partial charge in [0.1, 0.15) is 5.75 Å². The summed E-state index contributed by atoms with van der Waals surface area (Å²) in [5, 5.41) is 5.07. The molecule has 8 heteroatoms. The molecule has 7 nitrogen and oxygen atoms in total. The van der Waals surface area contributed by atoms with Crippen LogP contribution in [0.25, 0.3) is 11.3 Å². The van der Waals surface area contributed by atoms with Crippen LogP contribution in [0.5, 0.6) is 5.75 Å². The van der Waals surface area contributed by atoms with Crippen molar-refractivity contribution < 1.29 is 19.1 Å². The van der Waals surface area contributed by atoms with E-state index in [1.807, 2.05) is 29.6 Å². The van der Waals surface area contributed by atoms with Crippen LogP contribution in [0.1, 0.15) is 40.5 Å². The Bertz CT molecular complexity index is 1090. The van der Waals surface area contributed by atoms with E-state index >= 15 is 0 Å². The number of carbonyl (C=O) groups excluding carboxylic acids is 3. The van der Waals surface area contributed by atoms with Gasteiger partial charge >= 0.3 is 0 Å². The van der Waals surface area contributed by atoms with E-state index in [0.29, 0.717) is 22.9 Å². The van der Waals surface area contributed by atoms with Crippen molar-refractivity contribution in [2.45, 2.75) is 19.8 Å². The minimum absolute atomic E-state index is 0.00382. The Balaban J connectivity index is 1.32. The summed E-state index contributed by atoms with van der Waals surface area (Å²) in [5.41, 5.74) is 2.43. The molecule has 31 heavy (non-hydrogen) atoms. The van der Waals surface area contributed by atoms with E-state index in [1.165, 1.54) is 11.3 Å². The minimum atomic E-state index is -0.365. The van der Waals surface area contributed by atoms with Gasteiger partial charge in [-0.15, -0.1) is 11.3 Å².